The SMILES string of the molecule is O=C(O)CCN1CCc2cc(OCc3ccc(C4CCCCC4)c(C(F)(F)F)c3)cc(C3CN(CCC(=O)O)Cc4ccc(OCc5cccc(C(F)(F)F)c5)cc43)c2C1. The smallest absolute Gasteiger partial charge is 0.416 e. The van der Waals surface area contributed by atoms with Crippen molar-refractivity contribution in [3.05, 3.63) is 128 Å². The number of carbonyl (C=O) groups is 2. The number of nitrogens with zero attached hydrogens (tertiary/aromatic N) is 2. The molecule has 0 radical (unpaired) electrons. The van der Waals surface area contributed by atoms with Gasteiger partial charge in [0.1, 0.15) is 24.7 Å². The molecule has 1 unspecified atom stereocenters. The topological polar surface area (TPSA) is 99.5 Å². The molecule has 320 valence electrons. The molecule has 1 saturated carbocycles. The van der Waals surface area contributed by atoms with E-state index < -0.39 is 35.4 Å². The molecule has 2 aliphatic heterocycles. The standard InChI is InChI=1S/C46H48F6N2O6/c47-45(48,49)34-8-4-5-29(19-34)27-59-35-11-10-33-24-54(18-15-44(57)58)26-41(38(33)22-35)39-23-36(21-32-13-16-53(25-40(32)39)17-14-43(55)56)60-28-30-9-12-37(31-6-2-1-3-7-31)42(20-30)46(50,51)52/h4-5,8-12,19-23,31,41H,1-3,6-7,13-18,24-28H2,(H,55,56)(H,57,58). The Kier molecular flexibility index (Phi) is 13.1. The molecule has 0 spiro atoms. The van der Waals surface area contributed by atoms with E-state index in [1.54, 1.807) is 24.3 Å². The number of carboxylic acids is 2. The second kappa shape index (κ2) is 18.3. The Hall–Kier alpha value is -5.08. The Bertz CT molecular complexity index is 2180. The van der Waals surface area contributed by atoms with E-state index in [0.29, 0.717) is 67.3 Å². The highest BCUT2D eigenvalue weighted by Crippen LogP contribution is 2.43. The van der Waals surface area contributed by atoms with E-state index in [1.807, 2.05) is 29.2 Å². The number of hydrogen-bond donors (Lipinski definition) is 2. The van der Waals surface area contributed by atoms with Crippen molar-refractivity contribution in [3.63, 3.8) is 0 Å². The Morgan fingerprint density at radius 3 is 2.05 bits per heavy atom. The van der Waals surface area contributed by atoms with E-state index in [-0.39, 0.29) is 44.4 Å². The molecule has 0 aromatic heterocycles. The van der Waals surface area contributed by atoms with Gasteiger partial charge in [-0.3, -0.25) is 19.4 Å². The van der Waals surface area contributed by atoms with E-state index >= 15 is 0 Å². The van der Waals surface area contributed by atoms with E-state index in [2.05, 4.69) is 4.90 Å². The zero-order chi connectivity index (χ0) is 42.6. The monoisotopic (exact) mass is 838 g/mol. The third-order valence-electron chi connectivity index (χ3n) is 11.9. The largest absolute Gasteiger partial charge is 0.489 e. The number of hydrogen-bond acceptors (Lipinski definition) is 6. The number of alkyl halides is 6. The van der Waals surface area contributed by atoms with Crippen LogP contribution in [-0.4, -0.2) is 58.1 Å². The molecule has 0 bridgehead atoms. The van der Waals surface area contributed by atoms with Gasteiger partial charge in [-0.05, 0) is 112 Å². The van der Waals surface area contributed by atoms with Crippen molar-refractivity contribution in [2.45, 2.75) is 102 Å². The molecular formula is C46H48F6N2O6. The third kappa shape index (κ3) is 10.6. The Balaban J connectivity index is 1.23. The van der Waals surface area contributed by atoms with Gasteiger partial charge < -0.3 is 19.7 Å². The van der Waals surface area contributed by atoms with Crippen molar-refractivity contribution in [1.82, 2.24) is 9.80 Å². The van der Waals surface area contributed by atoms with Crippen LogP contribution in [0.3, 0.4) is 0 Å². The van der Waals surface area contributed by atoms with Gasteiger partial charge in [-0.2, -0.15) is 26.3 Å². The summed E-state index contributed by atoms with van der Waals surface area (Å²) >= 11 is 0. The molecule has 0 saturated heterocycles. The van der Waals surface area contributed by atoms with Gasteiger partial charge in [-0.15, -0.1) is 0 Å². The fourth-order valence-corrected chi connectivity index (χ4v) is 8.92. The lowest BCUT2D eigenvalue weighted by Gasteiger charge is -2.38. The predicted molar refractivity (Wildman–Crippen MR) is 211 cm³/mol. The molecule has 7 rings (SSSR count). The number of aliphatic carboxylic acids is 2. The maximum atomic E-state index is 14.4. The van der Waals surface area contributed by atoms with Crippen LogP contribution in [0.1, 0.15) is 112 Å². The summed E-state index contributed by atoms with van der Waals surface area (Å²) in [4.78, 5) is 27.3. The second-order valence-corrected chi connectivity index (χ2v) is 16.1. The van der Waals surface area contributed by atoms with E-state index in [9.17, 15) is 46.1 Å². The van der Waals surface area contributed by atoms with Crippen LogP contribution in [0, 0.1) is 0 Å². The summed E-state index contributed by atoms with van der Waals surface area (Å²) in [6.07, 6.45) is -4.31. The van der Waals surface area contributed by atoms with E-state index in [4.69, 9.17) is 9.47 Å². The van der Waals surface area contributed by atoms with Crippen LogP contribution in [0.2, 0.25) is 0 Å². The van der Waals surface area contributed by atoms with Crippen molar-refractivity contribution in [1.29, 1.82) is 0 Å². The van der Waals surface area contributed by atoms with Crippen LogP contribution in [0.15, 0.2) is 72.8 Å². The van der Waals surface area contributed by atoms with Crippen molar-refractivity contribution in [2.24, 2.45) is 0 Å². The van der Waals surface area contributed by atoms with Crippen molar-refractivity contribution >= 4 is 11.9 Å². The number of rotatable bonds is 14. The molecule has 14 heteroatoms. The summed E-state index contributed by atoms with van der Waals surface area (Å²) in [5, 5.41) is 19.0. The van der Waals surface area contributed by atoms with Crippen LogP contribution in [0.4, 0.5) is 26.3 Å². The number of carboxylic acid groups (broad SMARTS) is 2. The quantitative estimate of drug-likeness (QED) is 0.121. The first-order chi connectivity index (χ1) is 28.6. The van der Waals surface area contributed by atoms with E-state index in [0.717, 1.165) is 72.1 Å². The lowest BCUT2D eigenvalue weighted by Crippen LogP contribution is -2.37. The molecular weight excluding hydrogens is 791 g/mol. The highest BCUT2D eigenvalue weighted by Gasteiger charge is 2.37. The first-order valence-corrected chi connectivity index (χ1v) is 20.4. The zero-order valence-corrected chi connectivity index (χ0v) is 33.1. The molecule has 8 nitrogen and oxygen atoms in total. The number of halogens is 6. The predicted octanol–water partition coefficient (Wildman–Crippen LogP) is 10.2. The summed E-state index contributed by atoms with van der Waals surface area (Å²) in [5.74, 6) is -1.49. The van der Waals surface area contributed by atoms with Gasteiger partial charge in [0, 0.05) is 45.2 Å². The summed E-state index contributed by atoms with van der Waals surface area (Å²) < 4.78 is 96.0. The molecule has 0 amide bonds. The lowest BCUT2D eigenvalue weighted by molar-refractivity contribution is -0.139. The number of fused-ring (bicyclic) bond motifs is 2. The third-order valence-corrected chi connectivity index (χ3v) is 11.9. The average molecular weight is 839 g/mol. The minimum absolute atomic E-state index is 0.0485. The van der Waals surface area contributed by atoms with Crippen LogP contribution in [-0.2, 0) is 54.7 Å². The normalized spacial score (nSPS) is 17.8. The number of ether oxygens (including phenoxy) is 2. The molecule has 1 atom stereocenters. The lowest BCUT2D eigenvalue weighted by atomic mass is 9.80. The molecule has 4 aromatic rings. The van der Waals surface area contributed by atoms with Gasteiger partial charge in [0.2, 0.25) is 0 Å². The zero-order valence-electron chi connectivity index (χ0n) is 33.1. The molecule has 1 aliphatic carbocycles. The van der Waals surface area contributed by atoms with Crippen molar-refractivity contribution < 1.29 is 55.6 Å². The summed E-state index contributed by atoms with van der Waals surface area (Å²) in [6.45, 7) is 2.21. The number of benzene rings is 4. The summed E-state index contributed by atoms with van der Waals surface area (Å²) in [6, 6.07) is 18.7. The van der Waals surface area contributed by atoms with Crippen LogP contribution >= 0.6 is 0 Å². The van der Waals surface area contributed by atoms with E-state index in [1.165, 1.54) is 12.1 Å². The van der Waals surface area contributed by atoms with Gasteiger partial charge in [-0.25, -0.2) is 0 Å². The van der Waals surface area contributed by atoms with Crippen LogP contribution < -0.4 is 9.47 Å². The summed E-state index contributed by atoms with van der Waals surface area (Å²) in [5.41, 5.74) is 4.18. The minimum atomic E-state index is -4.52. The highest BCUT2D eigenvalue weighted by molar-refractivity contribution is 5.67. The highest BCUT2D eigenvalue weighted by atomic mass is 19.4. The van der Waals surface area contributed by atoms with Gasteiger partial charge in [0.15, 0.2) is 0 Å². The Morgan fingerprint density at radius 1 is 0.667 bits per heavy atom. The second-order valence-electron chi connectivity index (χ2n) is 16.1. The summed E-state index contributed by atoms with van der Waals surface area (Å²) in [7, 11) is 0. The fraction of sp³-hybridized carbons (Fsp3) is 0.435. The molecule has 60 heavy (non-hydrogen) atoms. The van der Waals surface area contributed by atoms with Crippen molar-refractivity contribution in [3.8, 4) is 11.5 Å². The molecule has 1 fully saturated rings. The van der Waals surface area contributed by atoms with Crippen LogP contribution in [0.5, 0.6) is 11.5 Å². The Labute approximate surface area is 344 Å². The molecule has 2 N–H and O–H groups in total. The fourth-order valence-electron chi connectivity index (χ4n) is 8.92. The average Bonchev–Trinajstić information content (AvgIpc) is 3.22. The maximum Gasteiger partial charge on any atom is 0.416 e. The van der Waals surface area contributed by atoms with Gasteiger partial charge in [0.25, 0.3) is 0 Å². The van der Waals surface area contributed by atoms with Crippen molar-refractivity contribution in [2.75, 3.05) is 26.2 Å². The molecule has 4 aromatic carbocycles. The van der Waals surface area contributed by atoms with Gasteiger partial charge >= 0.3 is 24.3 Å². The first-order valence-electron chi connectivity index (χ1n) is 20.4. The molecule has 3 aliphatic rings. The minimum Gasteiger partial charge on any atom is -0.489 e. The molecule has 2 heterocycles. The Morgan fingerprint density at radius 2 is 1.35 bits per heavy atom. The van der Waals surface area contributed by atoms with Crippen LogP contribution in [0.25, 0.3) is 0 Å². The van der Waals surface area contributed by atoms with Gasteiger partial charge in [-0.1, -0.05) is 49.6 Å². The maximum absolute atomic E-state index is 14.4. The van der Waals surface area contributed by atoms with Gasteiger partial charge in [0.05, 0.1) is 24.0 Å². The first kappa shape index (κ1) is 43.0.